The molecule has 0 aliphatic rings. The van der Waals surface area contributed by atoms with Crippen LogP contribution in [0.5, 0.6) is 0 Å². The van der Waals surface area contributed by atoms with E-state index in [-0.39, 0.29) is 11.8 Å². The molecular formula is C8H15NO. The van der Waals surface area contributed by atoms with Crippen molar-refractivity contribution in [2.45, 2.75) is 26.3 Å². The number of carbonyl (C=O) groups excluding carboxylic acids is 1. The molecule has 0 aliphatic carbocycles. The van der Waals surface area contributed by atoms with Gasteiger partial charge in [0.2, 0.25) is 0 Å². The van der Waals surface area contributed by atoms with Gasteiger partial charge in [-0.2, -0.15) is 0 Å². The normalized spacial score (nSPS) is 13.2. The predicted molar refractivity (Wildman–Crippen MR) is 42.6 cm³/mol. The molecule has 0 amide bonds. The smallest absolute Gasteiger partial charge is 0.171 e. The van der Waals surface area contributed by atoms with Crippen LogP contribution in [0, 0.1) is 5.92 Å². The van der Waals surface area contributed by atoms with Crippen molar-refractivity contribution in [1.29, 1.82) is 0 Å². The number of nitrogens with two attached hydrogens (primary N) is 1. The van der Waals surface area contributed by atoms with Crippen LogP contribution >= 0.6 is 0 Å². The lowest BCUT2D eigenvalue weighted by atomic mass is 10.0. The van der Waals surface area contributed by atoms with E-state index in [4.69, 9.17) is 5.73 Å². The number of hydrogen-bond acceptors (Lipinski definition) is 2. The first-order valence-electron chi connectivity index (χ1n) is 3.49. The van der Waals surface area contributed by atoms with Crippen molar-refractivity contribution in [3.63, 3.8) is 0 Å². The molecule has 1 unspecified atom stereocenters. The lowest BCUT2D eigenvalue weighted by Gasteiger charge is -2.09. The summed E-state index contributed by atoms with van der Waals surface area (Å²) in [5.74, 6) is 0.410. The molecule has 0 spiro atoms. The minimum atomic E-state index is -0.350. The van der Waals surface area contributed by atoms with Gasteiger partial charge in [-0.3, -0.25) is 4.79 Å². The maximum atomic E-state index is 10.8. The van der Waals surface area contributed by atoms with Gasteiger partial charge in [0.15, 0.2) is 5.78 Å². The Hall–Kier alpha value is -0.630. The standard InChI is InChI=1S/C8H15NO/c1-4-8(10)7(9)5-6(2)3/h4,6-7H,1,5,9H2,2-3H3. The van der Waals surface area contributed by atoms with Gasteiger partial charge in [-0.1, -0.05) is 20.4 Å². The first kappa shape index (κ1) is 9.37. The molecule has 10 heavy (non-hydrogen) atoms. The third-order valence-electron chi connectivity index (χ3n) is 1.29. The summed E-state index contributed by atoms with van der Waals surface area (Å²) in [5.41, 5.74) is 5.51. The van der Waals surface area contributed by atoms with Crippen LogP contribution in [0.3, 0.4) is 0 Å². The summed E-state index contributed by atoms with van der Waals surface area (Å²) in [4.78, 5) is 10.8. The third-order valence-corrected chi connectivity index (χ3v) is 1.29. The predicted octanol–water partition coefficient (Wildman–Crippen LogP) is 1.11. The fraction of sp³-hybridized carbons (Fsp3) is 0.625. The van der Waals surface area contributed by atoms with Crippen LogP contribution in [-0.4, -0.2) is 11.8 Å². The van der Waals surface area contributed by atoms with E-state index in [0.29, 0.717) is 5.92 Å². The summed E-state index contributed by atoms with van der Waals surface area (Å²) in [5, 5.41) is 0. The second-order valence-electron chi connectivity index (χ2n) is 2.84. The summed E-state index contributed by atoms with van der Waals surface area (Å²) in [7, 11) is 0. The van der Waals surface area contributed by atoms with E-state index in [2.05, 4.69) is 6.58 Å². The fourth-order valence-electron chi connectivity index (χ4n) is 0.775. The zero-order valence-electron chi connectivity index (χ0n) is 6.63. The lowest BCUT2D eigenvalue weighted by Crippen LogP contribution is -2.30. The first-order valence-corrected chi connectivity index (χ1v) is 3.49. The third kappa shape index (κ3) is 3.41. The number of rotatable bonds is 4. The summed E-state index contributed by atoms with van der Waals surface area (Å²) in [6.45, 7) is 7.44. The van der Waals surface area contributed by atoms with Gasteiger partial charge in [0.05, 0.1) is 6.04 Å². The van der Waals surface area contributed by atoms with Crippen LogP contribution < -0.4 is 5.73 Å². The van der Waals surface area contributed by atoms with Crippen molar-refractivity contribution in [1.82, 2.24) is 0 Å². The monoisotopic (exact) mass is 141 g/mol. The zero-order chi connectivity index (χ0) is 8.15. The van der Waals surface area contributed by atoms with Gasteiger partial charge in [-0.15, -0.1) is 0 Å². The quantitative estimate of drug-likeness (QED) is 0.596. The fourth-order valence-corrected chi connectivity index (χ4v) is 0.775. The Morgan fingerprint density at radius 3 is 2.50 bits per heavy atom. The van der Waals surface area contributed by atoms with E-state index in [0.717, 1.165) is 6.42 Å². The van der Waals surface area contributed by atoms with E-state index in [9.17, 15) is 4.79 Å². The van der Waals surface area contributed by atoms with Crippen LogP contribution in [0.2, 0.25) is 0 Å². The van der Waals surface area contributed by atoms with Gasteiger partial charge in [0.25, 0.3) is 0 Å². The highest BCUT2D eigenvalue weighted by Crippen LogP contribution is 2.03. The zero-order valence-corrected chi connectivity index (χ0v) is 6.63. The number of carbonyl (C=O) groups is 1. The van der Waals surface area contributed by atoms with E-state index in [1.54, 1.807) is 0 Å². The second-order valence-corrected chi connectivity index (χ2v) is 2.84. The van der Waals surface area contributed by atoms with Gasteiger partial charge in [-0.25, -0.2) is 0 Å². The van der Waals surface area contributed by atoms with Crippen molar-refractivity contribution in [2.24, 2.45) is 11.7 Å². The summed E-state index contributed by atoms with van der Waals surface area (Å²) in [6.07, 6.45) is 2.03. The van der Waals surface area contributed by atoms with Gasteiger partial charge in [-0.05, 0) is 18.4 Å². The molecule has 0 aromatic heterocycles. The summed E-state index contributed by atoms with van der Waals surface area (Å²) in [6, 6.07) is -0.350. The molecule has 2 N–H and O–H groups in total. The van der Waals surface area contributed by atoms with Crippen molar-refractivity contribution in [2.75, 3.05) is 0 Å². The van der Waals surface area contributed by atoms with Crippen molar-refractivity contribution < 1.29 is 4.79 Å². The maximum Gasteiger partial charge on any atom is 0.171 e. The molecule has 0 aromatic carbocycles. The average molecular weight is 141 g/mol. The first-order chi connectivity index (χ1) is 4.57. The minimum Gasteiger partial charge on any atom is -0.321 e. The molecule has 0 rings (SSSR count). The van der Waals surface area contributed by atoms with Gasteiger partial charge < -0.3 is 5.73 Å². The molecular weight excluding hydrogens is 126 g/mol. The van der Waals surface area contributed by atoms with Crippen LogP contribution in [0.25, 0.3) is 0 Å². The maximum absolute atomic E-state index is 10.8. The van der Waals surface area contributed by atoms with Crippen molar-refractivity contribution in [3.8, 4) is 0 Å². The highest BCUT2D eigenvalue weighted by Gasteiger charge is 2.10. The lowest BCUT2D eigenvalue weighted by molar-refractivity contribution is -0.116. The van der Waals surface area contributed by atoms with Gasteiger partial charge in [0.1, 0.15) is 0 Å². The minimum absolute atomic E-state index is 0.0614. The molecule has 2 nitrogen and oxygen atoms in total. The molecule has 0 aromatic rings. The molecule has 0 fully saturated rings. The Morgan fingerprint density at radius 2 is 2.20 bits per heavy atom. The van der Waals surface area contributed by atoms with Crippen molar-refractivity contribution >= 4 is 5.78 Å². The molecule has 1 atom stereocenters. The molecule has 0 saturated heterocycles. The largest absolute Gasteiger partial charge is 0.321 e. The van der Waals surface area contributed by atoms with E-state index >= 15 is 0 Å². The Balaban J connectivity index is 3.72. The van der Waals surface area contributed by atoms with Gasteiger partial charge >= 0.3 is 0 Å². The highest BCUT2D eigenvalue weighted by molar-refractivity contribution is 5.93. The SMILES string of the molecule is C=CC(=O)C(N)CC(C)C. The molecule has 0 heterocycles. The van der Waals surface area contributed by atoms with Crippen LogP contribution in [0.4, 0.5) is 0 Å². The van der Waals surface area contributed by atoms with Crippen LogP contribution in [-0.2, 0) is 4.79 Å². The second kappa shape index (κ2) is 4.23. The van der Waals surface area contributed by atoms with Crippen LogP contribution in [0.15, 0.2) is 12.7 Å². The number of ketones is 1. The molecule has 0 bridgehead atoms. The summed E-state index contributed by atoms with van der Waals surface area (Å²) >= 11 is 0. The molecule has 58 valence electrons. The molecule has 2 heteroatoms. The Labute approximate surface area is 62.1 Å². The van der Waals surface area contributed by atoms with E-state index in [1.165, 1.54) is 6.08 Å². The average Bonchev–Trinajstić information content (AvgIpc) is 1.85. The van der Waals surface area contributed by atoms with E-state index < -0.39 is 0 Å². The van der Waals surface area contributed by atoms with Crippen LogP contribution in [0.1, 0.15) is 20.3 Å². The molecule has 0 aliphatic heterocycles. The molecule has 0 radical (unpaired) electrons. The van der Waals surface area contributed by atoms with Gasteiger partial charge in [0, 0.05) is 0 Å². The highest BCUT2D eigenvalue weighted by atomic mass is 16.1. The van der Waals surface area contributed by atoms with Crippen molar-refractivity contribution in [3.05, 3.63) is 12.7 Å². The Morgan fingerprint density at radius 1 is 1.70 bits per heavy atom. The topological polar surface area (TPSA) is 43.1 Å². The number of hydrogen-bond donors (Lipinski definition) is 1. The van der Waals surface area contributed by atoms with E-state index in [1.807, 2.05) is 13.8 Å². The molecule has 0 saturated carbocycles. The summed E-state index contributed by atoms with van der Waals surface area (Å²) < 4.78 is 0. The Bertz CT molecular complexity index is 129. The Kier molecular flexibility index (Phi) is 3.96.